The molecule has 18 heavy (non-hydrogen) atoms. The Morgan fingerprint density at radius 3 is 2.94 bits per heavy atom. The molecule has 3 rings (SSSR count). The molecule has 0 atom stereocenters. The summed E-state index contributed by atoms with van der Waals surface area (Å²) in [5, 5.41) is 6.62. The van der Waals surface area contributed by atoms with Gasteiger partial charge in [0.1, 0.15) is 4.83 Å². The Labute approximate surface area is 111 Å². The number of thiophene rings is 1. The molecule has 0 aliphatic heterocycles. The standard InChI is InChI=1S/C13H18N4S/c14-7-9-1-3-11(4-2-9)16-13-15-8-10-5-6-18-12(10)17-13/h5-6,8-9,11H,1-4,7,14H2,(H,15,16,17). The molecule has 4 nitrogen and oxygen atoms in total. The molecule has 5 heteroatoms. The number of hydrogen-bond acceptors (Lipinski definition) is 5. The zero-order chi connectivity index (χ0) is 12.4. The molecular formula is C13H18N4S. The van der Waals surface area contributed by atoms with E-state index in [2.05, 4.69) is 26.7 Å². The zero-order valence-electron chi connectivity index (χ0n) is 10.3. The molecule has 0 amide bonds. The summed E-state index contributed by atoms with van der Waals surface area (Å²) in [6.45, 7) is 0.824. The quantitative estimate of drug-likeness (QED) is 0.892. The van der Waals surface area contributed by atoms with Gasteiger partial charge in [-0.05, 0) is 49.6 Å². The molecule has 0 unspecified atom stereocenters. The second-order valence-electron chi connectivity index (χ2n) is 4.97. The van der Waals surface area contributed by atoms with E-state index < -0.39 is 0 Å². The predicted molar refractivity (Wildman–Crippen MR) is 75.8 cm³/mol. The summed E-state index contributed by atoms with van der Waals surface area (Å²) in [5.74, 6) is 1.48. The van der Waals surface area contributed by atoms with Crippen LogP contribution in [0.5, 0.6) is 0 Å². The van der Waals surface area contributed by atoms with Gasteiger partial charge in [-0.3, -0.25) is 0 Å². The maximum absolute atomic E-state index is 5.71. The minimum Gasteiger partial charge on any atom is -0.351 e. The van der Waals surface area contributed by atoms with E-state index in [0.717, 1.165) is 22.7 Å². The van der Waals surface area contributed by atoms with Crippen LogP contribution in [0.3, 0.4) is 0 Å². The van der Waals surface area contributed by atoms with E-state index in [0.29, 0.717) is 12.0 Å². The highest BCUT2D eigenvalue weighted by atomic mass is 32.1. The second-order valence-corrected chi connectivity index (χ2v) is 5.87. The third-order valence-electron chi connectivity index (χ3n) is 3.72. The molecule has 0 saturated heterocycles. The number of nitrogens with one attached hydrogen (secondary N) is 1. The van der Waals surface area contributed by atoms with Gasteiger partial charge < -0.3 is 11.1 Å². The average molecular weight is 262 g/mol. The summed E-state index contributed by atoms with van der Waals surface area (Å²) in [7, 11) is 0. The zero-order valence-corrected chi connectivity index (χ0v) is 11.1. The predicted octanol–water partition coefficient (Wildman–Crippen LogP) is 2.62. The van der Waals surface area contributed by atoms with Crippen molar-refractivity contribution in [1.29, 1.82) is 0 Å². The van der Waals surface area contributed by atoms with Crippen LogP contribution in [0.15, 0.2) is 17.6 Å². The van der Waals surface area contributed by atoms with E-state index in [9.17, 15) is 0 Å². The van der Waals surface area contributed by atoms with Crippen LogP contribution < -0.4 is 11.1 Å². The van der Waals surface area contributed by atoms with Crippen LogP contribution in [-0.2, 0) is 0 Å². The number of hydrogen-bond donors (Lipinski definition) is 2. The summed E-state index contributed by atoms with van der Waals surface area (Å²) in [6, 6.07) is 2.56. The SMILES string of the molecule is NCC1CCC(Nc2ncc3ccsc3n2)CC1. The van der Waals surface area contributed by atoms with Gasteiger partial charge in [0.05, 0.1) is 0 Å². The Hall–Kier alpha value is -1.20. The molecule has 0 spiro atoms. The minimum absolute atomic E-state index is 0.505. The van der Waals surface area contributed by atoms with E-state index >= 15 is 0 Å². The molecule has 0 radical (unpaired) electrons. The van der Waals surface area contributed by atoms with Gasteiger partial charge in [0.15, 0.2) is 0 Å². The summed E-state index contributed by atoms with van der Waals surface area (Å²) in [5.41, 5.74) is 5.71. The molecule has 2 aromatic rings. The molecule has 96 valence electrons. The summed E-state index contributed by atoms with van der Waals surface area (Å²) < 4.78 is 0. The van der Waals surface area contributed by atoms with Crippen molar-refractivity contribution in [3.63, 3.8) is 0 Å². The van der Waals surface area contributed by atoms with Crippen molar-refractivity contribution < 1.29 is 0 Å². The topological polar surface area (TPSA) is 63.8 Å². The Balaban J connectivity index is 1.65. The monoisotopic (exact) mass is 262 g/mol. The van der Waals surface area contributed by atoms with Crippen LogP contribution in [0, 0.1) is 5.92 Å². The van der Waals surface area contributed by atoms with Crippen LogP contribution in [0.4, 0.5) is 5.95 Å². The summed E-state index contributed by atoms with van der Waals surface area (Å²) >= 11 is 1.66. The van der Waals surface area contributed by atoms with Crippen LogP contribution in [0.25, 0.3) is 10.2 Å². The van der Waals surface area contributed by atoms with Gasteiger partial charge >= 0.3 is 0 Å². The first kappa shape index (κ1) is 11.9. The van der Waals surface area contributed by atoms with Gasteiger partial charge in [0, 0.05) is 17.6 Å². The first-order chi connectivity index (χ1) is 8.85. The van der Waals surface area contributed by atoms with Gasteiger partial charge in [-0.25, -0.2) is 9.97 Å². The van der Waals surface area contributed by atoms with Crippen LogP contribution in [-0.4, -0.2) is 22.6 Å². The van der Waals surface area contributed by atoms with Crippen molar-refractivity contribution in [3.05, 3.63) is 17.6 Å². The summed E-state index contributed by atoms with van der Waals surface area (Å²) in [4.78, 5) is 9.97. The van der Waals surface area contributed by atoms with E-state index in [1.807, 2.05) is 6.20 Å². The summed E-state index contributed by atoms with van der Waals surface area (Å²) in [6.07, 6.45) is 6.68. The number of aromatic nitrogens is 2. The molecule has 0 bridgehead atoms. The fourth-order valence-electron chi connectivity index (χ4n) is 2.55. The molecule has 2 aromatic heterocycles. The molecule has 3 N–H and O–H groups in total. The van der Waals surface area contributed by atoms with E-state index in [4.69, 9.17) is 5.73 Å². The maximum atomic E-state index is 5.71. The van der Waals surface area contributed by atoms with Gasteiger partial charge in [-0.2, -0.15) is 0 Å². The first-order valence-corrected chi connectivity index (χ1v) is 7.40. The lowest BCUT2D eigenvalue weighted by atomic mass is 9.86. The lowest BCUT2D eigenvalue weighted by Crippen LogP contribution is -2.29. The minimum atomic E-state index is 0.505. The van der Waals surface area contributed by atoms with Crippen LogP contribution in [0.1, 0.15) is 25.7 Å². The first-order valence-electron chi connectivity index (χ1n) is 6.52. The van der Waals surface area contributed by atoms with E-state index in [1.54, 1.807) is 11.3 Å². The van der Waals surface area contributed by atoms with Gasteiger partial charge in [0.25, 0.3) is 0 Å². The van der Waals surface area contributed by atoms with E-state index in [-0.39, 0.29) is 0 Å². The Morgan fingerprint density at radius 2 is 2.17 bits per heavy atom. The maximum Gasteiger partial charge on any atom is 0.224 e. The molecule has 1 aliphatic carbocycles. The number of nitrogens with two attached hydrogens (primary N) is 1. The number of anilines is 1. The van der Waals surface area contributed by atoms with Crippen molar-refractivity contribution in [3.8, 4) is 0 Å². The third kappa shape index (κ3) is 2.47. The Kier molecular flexibility index (Phi) is 3.43. The van der Waals surface area contributed by atoms with Crippen molar-refractivity contribution in [2.45, 2.75) is 31.7 Å². The normalized spacial score (nSPS) is 24.3. The molecular weight excluding hydrogens is 244 g/mol. The number of nitrogens with zero attached hydrogens (tertiary/aromatic N) is 2. The van der Waals surface area contributed by atoms with Gasteiger partial charge in [-0.1, -0.05) is 0 Å². The Morgan fingerprint density at radius 1 is 1.33 bits per heavy atom. The van der Waals surface area contributed by atoms with Crippen LogP contribution >= 0.6 is 11.3 Å². The molecule has 1 saturated carbocycles. The third-order valence-corrected chi connectivity index (χ3v) is 4.54. The molecule has 1 aliphatic rings. The fraction of sp³-hybridized carbons (Fsp3) is 0.538. The average Bonchev–Trinajstić information content (AvgIpc) is 2.87. The van der Waals surface area contributed by atoms with E-state index in [1.165, 1.54) is 25.7 Å². The molecule has 2 heterocycles. The highest BCUT2D eigenvalue weighted by molar-refractivity contribution is 7.16. The van der Waals surface area contributed by atoms with Crippen molar-refractivity contribution >= 4 is 27.5 Å². The lowest BCUT2D eigenvalue weighted by molar-refractivity contribution is 0.344. The van der Waals surface area contributed by atoms with Gasteiger partial charge in [0.2, 0.25) is 5.95 Å². The molecule has 0 aromatic carbocycles. The smallest absolute Gasteiger partial charge is 0.224 e. The number of rotatable bonds is 3. The van der Waals surface area contributed by atoms with Crippen molar-refractivity contribution in [2.75, 3.05) is 11.9 Å². The lowest BCUT2D eigenvalue weighted by Gasteiger charge is -2.28. The largest absolute Gasteiger partial charge is 0.351 e. The van der Waals surface area contributed by atoms with Crippen molar-refractivity contribution in [1.82, 2.24) is 9.97 Å². The highest BCUT2D eigenvalue weighted by Gasteiger charge is 2.20. The second kappa shape index (κ2) is 5.20. The van der Waals surface area contributed by atoms with Crippen molar-refractivity contribution in [2.24, 2.45) is 11.7 Å². The van der Waals surface area contributed by atoms with Crippen LogP contribution in [0.2, 0.25) is 0 Å². The van der Waals surface area contributed by atoms with Gasteiger partial charge in [-0.15, -0.1) is 11.3 Å². The fourth-order valence-corrected chi connectivity index (χ4v) is 3.29. The highest BCUT2D eigenvalue weighted by Crippen LogP contribution is 2.26. The Bertz CT molecular complexity index is 516. The number of fused-ring (bicyclic) bond motifs is 1. The molecule has 1 fully saturated rings.